The lowest BCUT2D eigenvalue weighted by Gasteiger charge is -2.37. The van der Waals surface area contributed by atoms with E-state index in [1.54, 1.807) is 11.8 Å². The van der Waals surface area contributed by atoms with E-state index < -0.39 is 0 Å². The van der Waals surface area contributed by atoms with E-state index in [0.717, 1.165) is 34.7 Å². The summed E-state index contributed by atoms with van der Waals surface area (Å²) < 4.78 is 4.84. The van der Waals surface area contributed by atoms with Gasteiger partial charge in [0, 0.05) is 17.4 Å². The van der Waals surface area contributed by atoms with E-state index in [-0.39, 0.29) is 23.8 Å². The van der Waals surface area contributed by atoms with Crippen LogP contribution in [0.4, 0.5) is 5.69 Å². The highest BCUT2D eigenvalue weighted by molar-refractivity contribution is 7.99. The lowest BCUT2D eigenvalue weighted by Crippen LogP contribution is -2.29. The first-order chi connectivity index (χ1) is 19.3. The number of fused-ring (bicyclic) bond motifs is 3. The molecule has 7 heteroatoms. The van der Waals surface area contributed by atoms with Gasteiger partial charge in [0.15, 0.2) is 0 Å². The number of nitrogens with one attached hydrogen (secondary N) is 2. The summed E-state index contributed by atoms with van der Waals surface area (Å²) in [6.45, 7) is 6.11. The predicted octanol–water partition coefficient (Wildman–Crippen LogP) is 6.69. The quantitative estimate of drug-likeness (QED) is 0.141. The van der Waals surface area contributed by atoms with Crippen molar-refractivity contribution in [3.05, 3.63) is 112 Å². The molecule has 0 fully saturated rings. The highest BCUT2D eigenvalue weighted by Crippen LogP contribution is 2.50. The Morgan fingerprint density at radius 1 is 1.02 bits per heavy atom. The molecule has 3 aromatic rings. The molecule has 0 unspecified atom stereocenters. The number of hydrogen-bond acceptors (Lipinski definition) is 6. The van der Waals surface area contributed by atoms with Crippen molar-refractivity contribution in [1.82, 2.24) is 5.43 Å². The summed E-state index contributed by atoms with van der Waals surface area (Å²) in [4.78, 5) is 24.3. The van der Waals surface area contributed by atoms with Gasteiger partial charge in [0.05, 0.1) is 30.2 Å². The van der Waals surface area contributed by atoms with Crippen LogP contribution in [0.3, 0.4) is 0 Å². The Hall–Kier alpha value is -3.84. The standard InChI is InChI=1S/C33H35N3O3S/c1-20-14-21(2)16-23(15-20)18-40-19-31(37)36-35-22(3)26-12-13-30-29(17-26)27-6-5-7-28(27)32(34-30)24-8-10-25(11-9-24)33(38)39-4/h5-6,8-17,27-28,32,34H,7,18-19H2,1-4H3,(H,36,37)/b35-22-/t27-,28+,32+/m1/s1. The number of allylic oxidation sites excluding steroid dienone is 2. The number of ether oxygens (including phenoxy) is 1. The maximum absolute atomic E-state index is 12.4. The summed E-state index contributed by atoms with van der Waals surface area (Å²) in [6.07, 6.45) is 5.53. The fourth-order valence-corrected chi connectivity index (χ4v) is 6.51. The van der Waals surface area contributed by atoms with Crippen molar-refractivity contribution in [2.75, 3.05) is 18.2 Å². The fourth-order valence-electron chi connectivity index (χ4n) is 5.75. The van der Waals surface area contributed by atoms with Gasteiger partial charge in [-0.2, -0.15) is 5.10 Å². The van der Waals surface area contributed by atoms with Gasteiger partial charge in [-0.25, -0.2) is 10.2 Å². The Kier molecular flexibility index (Phi) is 8.40. The number of nitrogens with zero attached hydrogens (tertiary/aromatic N) is 1. The Morgan fingerprint density at radius 2 is 1.75 bits per heavy atom. The number of aryl methyl sites for hydroxylation is 2. The highest BCUT2D eigenvalue weighted by Gasteiger charge is 2.38. The molecule has 1 amide bonds. The molecule has 1 aliphatic heterocycles. The number of thioether (sulfide) groups is 1. The zero-order chi connectivity index (χ0) is 28.2. The molecular formula is C33H35N3O3S. The molecule has 5 rings (SSSR count). The van der Waals surface area contributed by atoms with Gasteiger partial charge < -0.3 is 10.1 Å². The number of anilines is 1. The molecule has 6 nitrogen and oxygen atoms in total. The van der Waals surface area contributed by atoms with Crippen molar-refractivity contribution >= 4 is 35.0 Å². The second-order valence-corrected chi connectivity index (χ2v) is 11.6. The van der Waals surface area contributed by atoms with Crippen LogP contribution in [0, 0.1) is 19.8 Å². The van der Waals surface area contributed by atoms with Gasteiger partial charge in [-0.3, -0.25) is 4.79 Å². The van der Waals surface area contributed by atoms with Crippen LogP contribution >= 0.6 is 11.8 Å². The number of hydrazone groups is 1. The fraction of sp³-hybridized carbons (Fsp3) is 0.303. The van der Waals surface area contributed by atoms with Crippen LogP contribution in [0.5, 0.6) is 0 Å². The largest absolute Gasteiger partial charge is 0.465 e. The van der Waals surface area contributed by atoms with E-state index in [2.05, 4.69) is 72.2 Å². The lowest BCUT2D eigenvalue weighted by atomic mass is 9.76. The van der Waals surface area contributed by atoms with Gasteiger partial charge in [-0.05, 0) is 79.6 Å². The van der Waals surface area contributed by atoms with Crippen LogP contribution in [-0.2, 0) is 15.3 Å². The van der Waals surface area contributed by atoms with Crippen molar-refractivity contribution in [1.29, 1.82) is 0 Å². The third kappa shape index (κ3) is 6.15. The average Bonchev–Trinajstić information content (AvgIpc) is 3.45. The molecule has 40 heavy (non-hydrogen) atoms. The number of esters is 1. The topological polar surface area (TPSA) is 79.8 Å². The minimum Gasteiger partial charge on any atom is -0.465 e. The molecule has 0 saturated carbocycles. The van der Waals surface area contributed by atoms with Crippen LogP contribution in [0.2, 0.25) is 0 Å². The van der Waals surface area contributed by atoms with E-state index in [1.165, 1.54) is 29.4 Å². The van der Waals surface area contributed by atoms with Crippen molar-refractivity contribution in [2.45, 2.75) is 44.9 Å². The third-order valence-corrected chi connectivity index (χ3v) is 8.61. The van der Waals surface area contributed by atoms with Gasteiger partial charge in [-0.1, -0.05) is 59.7 Å². The molecule has 2 aliphatic rings. The van der Waals surface area contributed by atoms with Crippen LogP contribution < -0.4 is 10.7 Å². The second-order valence-electron chi connectivity index (χ2n) is 10.6. The lowest BCUT2D eigenvalue weighted by molar-refractivity contribution is -0.118. The normalized spacial score (nSPS) is 19.4. The number of benzene rings is 3. The minimum absolute atomic E-state index is 0.104. The molecule has 3 aromatic carbocycles. The van der Waals surface area contributed by atoms with Crippen molar-refractivity contribution in [2.24, 2.45) is 11.0 Å². The Bertz CT molecular complexity index is 1460. The minimum atomic E-state index is -0.328. The molecule has 0 aromatic heterocycles. The summed E-state index contributed by atoms with van der Waals surface area (Å²) in [5, 5.41) is 8.14. The van der Waals surface area contributed by atoms with Crippen molar-refractivity contribution in [3.8, 4) is 0 Å². The van der Waals surface area contributed by atoms with Crippen molar-refractivity contribution < 1.29 is 14.3 Å². The predicted molar refractivity (Wildman–Crippen MR) is 163 cm³/mol. The molecule has 0 spiro atoms. The monoisotopic (exact) mass is 553 g/mol. The van der Waals surface area contributed by atoms with Gasteiger partial charge in [0.2, 0.25) is 5.91 Å². The smallest absolute Gasteiger partial charge is 0.337 e. The molecule has 1 aliphatic carbocycles. The first kappa shape index (κ1) is 27.7. The Morgan fingerprint density at radius 3 is 2.48 bits per heavy atom. The summed E-state index contributed by atoms with van der Waals surface area (Å²) in [7, 11) is 1.40. The maximum Gasteiger partial charge on any atom is 0.337 e. The van der Waals surface area contributed by atoms with E-state index in [4.69, 9.17) is 4.74 Å². The molecule has 3 atom stereocenters. The molecule has 206 valence electrons. The number of rotatable bonds is 8. The zero-order valence-corrected chi connectivity index (χ0v) is 24.2. The molecule has 0 saturated heterocycles. The maximum atomic E-state index is 12.4. The molecular weight excluding hydrogens is 518 g/mol. The molecule has 0 bridgehead atoms. The van der Waals surface area contributed by atoms with Crippen molar-refractivity contribution in [3.63, 3.8) is 0 Å². The average molecular weight is 554 g/mol. The first-order valence-corrected chi connectivity index (χ1v) is 14.7. The van der Waals surface area contributed by atoms with Gasteiger partial charge in [0.25, 0.3) is 0 Å². The van der Waals surface area contributed by atoms with Crippen LogP contribution in [0.15, 0.2) is 77.9 Å². The zero-order valence-electron chi connectivity index (χ0n) is 23.4. The van der Waals surface area contributed by atoms with Gasteiger partial charge in [-0.15, -0.1) is 11.8 Å². The summed E-state index contributed by atoms with van der Waals surface area (Å²) in [6, 6.07) is 20.6. The number of methoxy groups -OCH3 is 1. The Balaban J connectivity index is 1.24. The van der Waals surface area contributed by atoms with Crippen LogP contribution in [0.25, 0.3) is 0 Å². The SMILES string of the molecule is COC(=O)c1ccc([C@@H]2Nc3ccc(/C(C)=N\NC(=O)CSCc4cc(C)cc(C)c4)cc3[C@@H]3C=CC[C@@H]32)cc1. The highest BCUT2D eigenvalue weighted by atomic mass is 32.2. The summed E-state index contributed by atoms with van der Waals surface area (Å²) in [5.74, 6) is 1.37. The van der Waals surface area contributed by atoms with E-state index >= 15 is 0 Å². The van der Waals surface area contributed by atoms with Crippen LogP contribution in [-0.4, -0.2) is 30.5 Å². The van der Waals surface area contributed by atoms with E-state index in [0.29, 0.717) is 17.2 Å². The first-order valence-electron chi connectivity index (χ1n) is 13.6. The number of carbonyl (C=O) groups excluding carboxylic acids is 2. The number of hydrogen-bond donors (Lipinski definition) is 2. The summed E-state index contributed by atoms with van der Waals surface area (Å²) >= 11 is 1.59. The van der Waals surface area contributed by atoms with Crippen LogP contribution in [0.1, 0.15) is 69.0 Å². The van der Waals surface area contributed by atoms with Gasteiger partial charge in [0.1, 0.15) is 0 Å². The Labute approximate surface area is 240 Å². The molecule has 1 heterocycles. The second kappa shape index (κ2) is 12.1. The molecule has 2 N–H and O–H groups in total. The van der Waals surface area contributed by atoms with Gasteiger partial charge >= 0.3 is 5.97 Å². The molecule has 0 radical (unpaired) electrons. The summed E-state index contributed by atoms with van der Waals surface area (Å²) in [5.41, 5.74) is 12.2. The van der Waals surface area contributed by atoms with E-state index in [9.17, 15) is 9.59 Å². The van der Waals surface area contributed by atoms with E-state index in [1.807, 2.05) is 37.3 Å². The number of carbonyl (C=O) groups is 2. The third-order valence-electron chi connectivity index (χ3n) is 7.60. The number of amides is 1.